The Morgan fingerprint density at radius 1 is 1.12 bits per heavy atom. The number of carbonyl (C=O) groups is 2. The summed E-state index contributed by atoms with van der Waals surface area (Å²) in [5.41, 5.74) is 0.659. The van der Waals surface area contributed by atoms with Crippen molar-refractivity contribution >= 4 is 27.6 Å². The average Bonchev–Trinajstić information content (AvgIpc) is 2.81. The number of rotatable bonds is 7. The van der Waals surface area contributed by atoms with Crippen LogP contribution in [0.15, 0.2) is 59.5 Å². The molecule has 0 aliphatic carbocycles. The second-order valence-corrected chi connectivity index (χ2v) is 9.43. The number of ether oxygens (including phenoxy) is 1. The zero-order chi connectivity index (χ0) is 23.1. The van der Waals surface area contributed by atoms with E-state index in [1.807, 2.05) is 13.0 Å². The molecule has 8 nitrogen and oxygen atoms in total. The van der Waals surface area contributed by atoms with Gasteiger partial charge in [-0.05, 0) is 56.2 Å². The number of hydrogen-bond donors (Lipinski definition) is 0. The van der Waals surface area contributed by atoms with E-state index >= 15 is 0 Å². The highest BCUT2D eigenvalue weighted by Gasteiger charge is 2.31. The molecular formula is C23H25N3O5S. The van der Waals surface area contributed by atoms with Gasteiger partial charge in [0.2, 0.25) is 10.0 Å². The molecule has 0 spiro atoms. The molecule has 1 aliphatic heterocycles. The number of nitrogens with zero attached hydrogens (tertiary/aromatic N) is 3. The van der Waals surface area contributed by atoms with Crippen molar-refractivity contribution in [3.8, 4) is 6.07 Å². The SMILES string of the molecule is CC1CCCCN1S(=O)(=O)c1ccc(C(=O)OCC(=O)N(CC#N)c2ccccc2)cc1. The van der Waals surface area contributed by atoms with Crippen LogP contribution >= 0.6 is 0 Å². The lowest BCUT2D eigenvalue weighted by Crippen LogP contribution is -2.41. The van der Waals surface area contributed by atoms with Crippen molar-refractivity contribution in [3.05, 3.63) is 60.2 Å². The predicted octanol–water partition coefficient (Wildman–Crippen LogP) is 2.96. The first-order chi connectivity index (χ1) is 15.3. The van der Waals surface area contributed by atoms with Gasteiger partial charge in [0.15, 0.2) is 6.61 Å². The van der Waals surface area contributed by atoms with Gasteiger partial charge in [-0.25, -0.2) is 13.2 Å². The van der Waals surface area contributed by atoms with Crippen LogP contribution in [0.3, 0.4) is 0 Å². The van der Waals surface area contributed by atoms with E-state index < -0.39 is 28.5 Å². The third-order valence-electron chi connectivity index (χ3n) is 5.36. The maximum Gasteiger partial charge on any atom is 0.338 e. The lowest BCUT2D eigenvalue weighted by molar-refractivity contribution is -0.121. The van der Waals surface area contributed by atoms with Gasteiger partial charge in [-0.3, -0.25) is 9.69 Å². The van der Waals surface area contributed by atoms with Crippen LogP contribution < -0.4 is 4.90 Å². The summed E-state index contributed by atoms with van der Waals surface area (Å²) in [6, 6.07) is 16.0. The molecule has 3 rings (SSSR count). The van der Waals surface area contributed by atoms with Gasteiger partial charge in [-0.15, -0.1) is 0 Å². The van der Waals surface area contributed by atoms with Crippen LogP contribution in [0.25, 0.3) is 0 Å². The Hall–Kier alpha value is -3.22. The summed E-state index contributed by atoms with van der Waals surface area (Å²) in [6.07, 6.45) is 2.66. The normalized spacial score (nSPS) is 16.7. The van der Waals surface area contributed by atoms with Gasteiger partial charge >= 0.3 is 5.97 Å². The molecule has 1 atom stereocenters. The standard InChI is InChI=1S/C23H25N3O5S/c1-18-7-5-6-15-26(18)32(29,30)21-12-10-19(11-13-21)23(28)31-17-22(27)25(16-14-24)20-8-3-2-4-9-20/h2-4,8-13,18H,5-7,15-17H2,1H3. The summed E-state index contributed by atoms with van der Waals surface area (Å²) < 4.78 is 32.4. The van der Waals surface area contributed by atoms with E-state index in [9.17, 15) is 18.0 Å². The third-order valence-corrected chi connectivity index (χ3v) is 7.39. The molecular weight excluding hydrogens is 430 g/mol. The van der Waals surface area contributed by atoms with E-state index in [-0.39, 0.29) is 23.0 Å². The van der Waals surface area contributed by atoms with Crippen LogP contribution in [0.1, 0.15) is 36.5 Å². The third kappa shape index (κ3) is 5.33. The molecule has 32 heavy (non-hydrogen) atoms. The van der Waals surface area contributed by atoms with E-state index in [0.717, 1.165) is 19.3 Å². The van der Waals surface area contributed by atoms with Crippen molar-refractivity contribution in [2.75, 3.05) is 24.6 Å². The fourth-order valence-electron chi connectivity index (χ4n) is 3.62. The fraction of sp³-hybridized carbons (Fsp3) is 0.348. The fourth-order valence-corrected chi connectivity index (χ4v) is 5.32. The minimum atomic E-state index is -3.64. The smallest absolute Gasteiger partial charge is 0.338 e. The van der Waals surface area contributed by atoms with Crippen LogP contribution in [0.5, 0.6) is 0 Å². The Morgan fingerprint density at radius 3 is 2.44 bits per heavy atom. The van der Waals surface area contributed by atoms with Crippen LogP contribution in [-0.4, -0.2) is 50.3 Å². The van der Waals surface area contributed by atoms with E-state index in [4.69, 9.17) is 10.00 Å². The molecule has 2 aromatic carbocycles. The van der Waals surface area contributed by atoms with Gasteiger partial charge in [0.05, 0.1) is 16.5 Å². The molecule has 1 amide bonds. The number of esters is 1. The summed E-state index contributed by atoms with van der Waals surface area (Å²) in [5.74, 6) is -1.29. The summed E-state index contributed by atoms with van der Waals surface area (Å²) in [7, 11) is -3.64. The molecule has 2 aromatic rings. The molecule has 1 heterocycles. The zero-order valence-corrected chi connectivity index (χ0v) is 18.6. The molecule has 0 radical (unpaired) electrons. The largest absolute Gasteiger partial charge is 0.452 e. The predicted molar refractivity (Wildman–Crippen MR) is 118 cm³/mol. The molecule has 168 valence electrons. The molecule has 0 N–H and O–H groups in total. The van der Waals surface area contributed by atoms with Gasteiger partial charge in [0.25, 0.3) is 5.91 Å². The highest BCUT2D eigenvalue weighted by Crippen LogP contribution is 2.25. The topological polar surface area (TPSA) is 108 Å². The zero-order valence-electron chi connectivity index (χ0n) is 17.8. The number of para-hydroxylation sites is 1. The number of sulfonamides is 1. The Bertz CT molecular complexity index is 1090. The lowest BCUT2D eigenvalue weighted by Gasteiger charge is -2.32. The van der Waals surface area contributed by atoms with Crippen molar-refractivity contribution in [1.29, 1.82) is 5.26 Å². The van der Waals surface area contributed by atoms with Crippen LogP contribution in [0.2, 0.25) is 0 Å². The van der Waals surface area contributed by atoms with E-state index in [1.54, 1.807) is 30.3 Å². The number of hydrogen-bond acceptors (Lipinski definition) is 6. The first-order valence-electron chi connectivity index (χ1n) is 10.4. The maximum atomic E-state index is 12.9. The molecule has 1 saturated heterocycles. The van der Waals surface area contributed by atoms with Crippen molar-refractivity contribution in [2.45, 2.75) is 37.1 Å². The van der Waals surface area contributed by atoms with Crippen molar-refractivity contribution < 1.29 is 22.7 Å². The van der Waals surface area contributed by atoms with Gasteiger partial charge in [-0.1, -0.05) is 24.6 Å². The molecule has 1 fully saturated rings. The van der Waals surface area contributed by atoms with Gasteiger partial charge < -0.3 is 4.74 Å². The molecule has 9 heteroatoms. The van der Waals surface area contributed by atoms with Crippen LogP contribution in [0.4, 0.5) is 5.69 Å². The number of anilines is 1. The number of piperidine rings is 1. The molecule has 1 aliphatic rings. The Labute approximate surface area is 188 Å². The van der Waals surface area contributed by atoms with Crippen LogP contribution in [-0.2, 0) is 19.6 Å². The minimum Gasteiger partial charge on any atom is -0.452 e. The number of benzene rings is 2. The molecule has 0 bridgehead atoms. The molecule has 0 aromatic heterocycles. The monoisotopic (exact) mass is 455 g/mol. The first-order valence-corrected chi connectivity index (χ1v) is 11.8. The van der Waals surface area contributed by atoms with Crippen molar-refractivity contribution in [2.24, 2.45) is 0 Å². The first kappa shape index (κ1) is 23.4. The second kappa shape index (κ2) is 10.4. The van der Waals surface area contributed by atoms with Gasteiger partial charge in [0, 0.05) is 18.3 Å². The van der Waals surface area contributed by atoms with Crippen molar-refractivity contribution in [1.82, 2.24) is 4.31 Å². The Morgan fingerprint density at radius 2 is 1.81 bits per heavy atom. The molecule has 0 saturated carbocycles. The highest BCUT2D eigenvalue weighted by molar-refractivity contribution is 7.89. The lowest BCUT2D eigenvalue weighted by atomic mass is 10.1. The summed E-state index contributed by atoms with van der Waals surface area (Å²) in [6.45, 7) is 1.66. The van der Waals surface area contributed by atoms with Crippen molar-refractivity contribution in [3.63, 3.8) is 0 Å². The summed E-state index contributed by atoms with van der Waals surface area (Å²) in [5, 5.41) is 9.00. The van der Waals surface area contributed by atoms with E-state index in [0.29, 0.717) is 12.2 Å². The second-order valence-electron chi connectivity index (χ2n) is 7.53. The van der Waals surface area contributed by atoms with Crippen LogP contribution in [0, 0.1) is 11.3 Å². The maximum absolute atomic E-state index is 12.9. The van der Waals surface area contributed by atoms with E-state index in [1.165, 1.54) is 33.5 Å². The van der Waals surface area contributed by atoms with Gasteiger partial charge in [0.1, 0.15) is 6.54 Å². The average molecular weight is 456 g/mol. The number of carbonyl (C=O) groups excluding carboxylic acids is 2. The summed E-state index contributed by atoms with van der Waals surface area (Å²) >= 11 is 0. The highest BCUT2D eigenvalue weighted by atomic mass is 32.2. The van der Waals surface area contributed by atoms with E-state index in [2.05, 4.69) is 0 Å². The Balaban J connectivity index is 1.64. The van der Waals surface area contributed by atoms with Gasteiger partial charge in [-0.2, -0.15) is 9.57 Å². The number of amides is 1. The quantitative estimate of drug-likeness (QED) is 0.469. The summed E-state index contributed by atoms with van der Waals surface area (Å²) in [4.78, 5) is 26.2. The number of nitriles is 1. The Kier molecular flexibility index (Phi) is 7.62. The molecule has 1 unspecified atom stereocenters. The minimum absolute atomic E-state index is 0.0645.